The van der Waals surface area contributed by atoms with Crippen LogP contribution in [0.1, 0.15) is 57.6 Å². The lowest BCUT2D eigenvalue weighted by molar-refractivity contribution is 0.336. The summed E-state index contributed by atoms with van der Waals surface area (Å²) in [4.78, 5) is 0. The van der Waals surface area contributed by atoms with Crippen molar-refractivity contribution in [3.05, 3.63) is 29.3 Å². The Bertz CT molecular complexity index is 374. The Hall–Kier alpha value is -1.02. The fraction of sp³-hybridized carbons (Fsp3) is 0.667. The summed E-state index contributed by atoms with van der Waals surface area (Å²) < 4.78 is 5.70. The average molecular weight is 277 g/mol. The minimum atomic E-state index is 0.607. The second-order valence-electron chi connectivity index (χ2n) is 5.82. The molecule has 2 heteroatoms. The monoisotopic (exact) mass is 277 g/mol. The first kappa shape index (κ1) is 17.0. The third-order valence-electron chi connectivity index (χ3n) is 3.44. The summed E-state index contributed by atoms with van der Waals surface area (Å²) in [6.07, 6.45) is 6.29. The first-order chi connectivity index (χ1) is 9.63. The van der Waals surface area contributed by atoms with E-state index in [4.69, 9.17) is 4.74 Å². The second kappa shape index (κ2) is 9.82. The van der Waals surface area contributed by atoms with Gasteiger partial charge in [0.2, 0.25) is 0 Å². The Morgan fingerprint density at radius 1 is 1.10 bits per heavy atom. The van der Waals surface area contributed by atoms with Crippen molar-refractivity contribution in [3.63, 3.8) is 0 Å². The van der Waals surface area contributed by atoms with Gasteiger partial charge in [0.05, 0.1) is 6.61 Å². The van der Waals surface area contributed by atoms with Crippen molar-refractivity contribution in [3.8, 4) is 5.75 Å². The maximum atomic E-state index is 5.70. The molecule has 0 radical (unpaired) electrons. The minimum Gasteiger partial charge on any atom is -0.494 e. The van der Waals surface area contributed by atoms with Crippen LogP contribution in [0.25, 0.3) is 0 Å². The Morgan fingerprint density at radius 2 is 1.85 bits per heavy atom. The zero-order valence-corrected chi connectivity index (χ0v) is 13.7. The van der Waals surface area contributed by atoms with Crippen molar-refractivity contribution in [2.75, 3.05) is 13.2 Å². The molecule has 0 aliphatic carbocycles. The molecule has 0 heterocycles. The third-order valence-corrected chi connectivity index (χ3v) is 3.44. The first-order valence-corrected chi connectivity index (χ1v) is 8.09. The van der Waals surface area contributed by atoms with E-state index in [1.807, 2.05) is 6.92 Å². The Balaban J connectivity index is 2.25. The smallest absolute Gasteiger partial charge is 0.122 e. The lowest BCUT2D eigenvalue weighted by Crippen LogP contribution is -2.23. The van der Waals surface area contributed by atoms with Gasteiger partial charge in [0.1, 0.15) is 5.75 Å². The van der Waals surface area contributed by atoms with Crippen LogP contribution in [0.2, 0.25) is 0 Å². The van der Waals surface area contributed by atoms with Gasteiger partial charge in [-0.15, -0.1) is 0 Å². The summed E-state index contributed by atoms with van der Waals surface area (Å²) in [5, 5.41) is 3.47. The first-order valence-electron chi connectivity index (χ1n) is 8.09. The maximum Gasteiger partial charge on any atom is 0.122 e. The quantitative estimate of drug-likeness (QED) is 0.636. The second-order valence-corrected chi connectivity index (χ2v) is 5.82. The van der Waals surface area contributed by atoms with Crippen LogP contribution in [0, 0.1) is 6.92 Å². The summed E-state index contributed by atoms with van der Waals surface area (Å²) in [5.74, 6) is 1.07. The molecule has 1 aromatic carbocycles. The molecular formula is C18H31NO. The number of unbranched alkanes of at least 4 members (excludes halogenated alkanes) is 3. The normalized spacial score (nSPS) is 11.1. The minimum absolute atomic E-state index is 0.607. The van der Waals surface area contributed by atoms with E-state index in [2.05, 4.69) is 44.3 Å². The van der Waals surface area contributed by atoms with E-state index < -0.39 is 0 Å². The van der Waals surface area contributed by atoms with Crippen LogP contribution in [0.15, 0.2) is 18.2 Å². The van der Waals surface area contributed by atoms with Gasteiger partial charge in [-0.1, -0.05) is 44.4 Å². The fourth-order valence-electron chi connectivity index (χ4n) is 2.38. The zero-order chi connectivity index (χ0) is 14.8. The highest BCUT2D eigenvalue weighted by Crippen LogP contribution is 2.22. The molecule has 0 spiro atoms. The van der Waals surface area contributed by atoms with Crippen LogP contribution in [0.4, 0.5) is 0 Å². The van der Waals surface area contributed by atoms with Gasteiger partial charge in [-0.2, -0.15) is 0 Å². The van der Waals surface area contributed by atoms with Gasteiger partial charge >= 0.3 is 0 Å². The predicted octanol–water partition coefficient (Wildman–Crippen LogP) is 4.49. The standard InChI is InChI=1S/C18H31NO/c1-5-20-18-12-11-16(4)14-17(18)10-8-6-7-9-13-19-15(2)3/h11-12,14-15,19H,5-10,13H2,1-4H3. The molecule has 0 atom stereocenters. The number of benzene rings is 1. The molecule has 0 unspecified atom stereocenters. The summed E-state index contributed by atoms with van der Waals surface area (Å²) in [6, 6.07) is 7.12. The van der Waals surface area contributed by atoms with Crippen molar-refractivity contribution in [1.29, 1.82) is 0 Å². The molecule has 0 saturated heterocycles. The molecule has 0 amide bonds. The number of aryl methyl sites for hydroxylation is 2. The number of rotatable bonds is 10. The lowest BCUT2D eigenvalue weighted by Gasteiger charge is -2.11. The Morgan fingerprint density at radius 3 is 2.55 bits per heavy atom. The zero-order valence-electron chi connectivity index (χ0n) is 13.7. The molecular weight excluding hydrogens is 246 g/mol. The topological polar surface area (TPSA) is 21.3 Å². The summed E-state index contributed by atoms with van der Waals surface area (Å²) in [6.45, 7) is 10.5. The van der Waals surface area contributed by atoms with Crippen LogP contribution in [-0.4, -0.2) is 19.2 Å². The Kier molecular flexibility index (Phi) is 8.36. The Labute approximate surface area is 124 Å². The van der Waals surface area contributed by atoms with Crippen LogP contribution in [0.3, 0.4) is 0 Å². The molecule has 0 bridgehead atoms. The molecule has 0 fully saturated rings. The summed E-state index contributed by atoms with van der Waals surface area (Å²) in [7, 11) is 0. The van der Waals surface area contributed by atoms with Gasteiger partial charge in [-0.3, -0.25) is 0 Å². The van der Waals surface area contributed by atoms with Gasteiger partial charge < -0.3 is 10.1 Å². The van der Waals surface area contributed by atoms with Crippen LogP contribution in [0.5, 0.6) is 5.75 Å². The predicted molar refractivity (Wildman–Crippen MR) is 87.7 cm³/mol. The number of ether oxygens (including phenoxy) is 1. The molecule has 0 saturated carbocycles. The van der Waals surface area contributed by atoms with E-state index in [1.165, 1.54) is 36.8 Å². The van der Waals surface area contributed by atoms with Crippen molar-refractivity contribution in [2.45, 2.75) is 65.8 Å². The molecule has 0 aliphatic rings. The van der Waals surface area contributed by atoms with E-state index in [0.29, 0.717) is 6.04 Å². The van der Waals surface area contributed by atoms with Crippen molar-refractivity contribution in [2.24, 2.45) is 0 Å². The van der Waals surface area contributed by atoms with Gasteiger partial charge in [-0.05, 0) is 51.3 Å². The largest absolute Gasteiger partial charge is 0.494 e. The fourth-order valence-corrected chi connectivity index (χ4v) is 2.38. The molecule has 1 rings (SSSR count). The van der Waals surface area contributed by atoms with Crippen LogP contribution in [-0.2, 0) is 6.42 Å². The van der Waals surface area contributed by atoms with Crippen LogP contribution < -0.4 is 10.1 Å². The molecule has 114 valence electrons. The SMILES string of the molecule is CCOc1ccc(C)cc1CCCCCCNC(C)C. The lowest BCUT2D eigenvalue weighted by atomic mass is 10.0. The van der Waals surface area contributed by atoms with E-state index in [9.17, 15) is 0 Å². The molecule has 0 aliphatic heterocycles. The molecule has 20 heavy (non-hydrogen) atoms. The number of nitrogens with one attached hydrogen (secondary N) is 1. The summed E-state index contributed by atoms with van der Waals surface area (Å²) in [5.41, 5.74) is 2.69. The number of hydrogen-bond acceptors (Lipinski definition) is 2. The van der Waals surface area contributed by atoms with Crippen molar-refractivity contribution < 1.29 is 4.74 Å². The molecule has 2 nitrogen and oxygen atoms in total. The van der Waals surface area contributed by atoms with Gasteiger partial charge in [-0.25, -0.2) is 0 Å². The molecule has 0 aromatic heterocycles. The van der Waals surface area contributed by atoms with Gasteiger partial charge in [0.25, 0.3) is 0 Å². The summed E-state index contributed by atoms with van der Waals surface area (Å²) >= 11 is 0. The van der Waals surface area contributed by atoms with Gasteiger partial charge in [0, 0.05) is 6.04 Å². The van der Waals surface area contributed by atoms with E-state index in [1.54, 1.807) is 0 Å². The van der Waals surface area contributed by atoms with E-state index in [-0.39, 0.29) is 0 Å². The molecule has 1 aromatic rings. The third kappa shape index (κ3) is 6.95. The molecule has 1 N–H and O–H groups in total. The number of hydrogen-bond donors (Lipinski definition) is 1. The van der Waals surface area contributed by atoms with Gasteiger partial charge in [0.15, 0.2) is 0 Å². The van der Waals surface area contributed by atoms with Crippen molar-refractivity contribution in [1.82, 2.24) is 5.32 Å². The van der Waals surface area contributed by atoms with E-state index >= 15 is 0 Å². The maximum absolute atomic E-state index is 5.70. The highest BCUT2D eigenvalue weighted by molar-refractivity contribution is 5.36. The highest BCUT2D eigenvalue weighted by Gasteiger charge is 2.03. The van der Waals surface area contributed by atoms with Crippen LogP contribution >= 0.6 is 0 Å². The van der Waals surface area contributed by atoms with E-state index in [0.717, 1.165) is 25.3 Å². The van der Waals surface area contributed by atoms with Crippen molar-refractivity contribution >= 4 is 0 Å². The average Bonchev–Trinajstić information content (AvgIpc) is 2.40. The highest BCUT2D eigenvalue weighted by atomic mass is 16.5.